The van der Waals surface area contributed by atoms with Crippen LogP contribution in [0.5, 0.6) is 5.75 Å². The Balaban J connectivity index is 1.93. The first kappa shape index (κ1) is 19.2. The van der Waals surface area contributed by atoms with Crippen molar-refractivity contribution in [1.29, 1.82) is 0 Å². The molecule has 2 atom stereocenters. The van der Waals surface area contributed by atoms with Gasteiger partial charge in [-0.3, -0.25) is 9.69 Å². The minimum atomic E-state index is -0.942. The van der Waals surface area contributed by atoms with Crippen LogP contribution in [0.25, 0.3) is 0 Å². The zero-order valence-corrected chi connectivity index (χ0v) is 15.5. The summed E-state index contributed by atoms with van der Waals surface area (Å²) >= 11 is 0. The standard InChI is InChI=1S/C19H28N2O4/c1-5-6-9-19(4)17(23)21(18(24)20-19)11-15(22)12-25-16-10-13(2)7-8-14(16)3/h7-8,10,15,22H,5-6,9,11-12H2,1-4H3,(H,20,24). The Morgan fingerprint density at radius 3 is 2.72 bits per heavy atom. The SMILES string of the molecule is CCCCC1(C)NC(=O)N(CC(O)COc2cc(C)ccc2C)C1=O. The quantitative estimate of drug-likeness (QED) is 0.708. The highest BCUT2D eigenvalue weighted by Crippen LogP contribution is 2.24. The molecule has 0 spiro atoms. The summed E-state index contributed by atoms with van der Waals surface area (Å²) in [6.45, 7) is 7.62. The number of amides is 3. The lowest BCUT2D eigenvalue weighted by molar-refractivity contribution is -0.132. The van der Waals surface area contributed by atoms with Crippen LogP contribution in [0.1, 0.15) is 44.2 Å². The molecular weight excluding hydrogens is 320 g/mol. The smallest absolute Gasteiger partial charge is 0.325 e. The van der Waals surface area contributed by atoms with Crippen LogP contribution < -0.4 is 10.1 Å². The molecule has 1 saturated heterocycles. The molecule has 25 heavy (non-hydrogen) atoms. The number of hydrogen-bond acceptors (Lipinski definition) is 4. The second kappa shape index (κ2) is 7.87. The maximum atomic E-state index is 12.5. The number of imide groups is 1. The largest absolute Gasteiger partial charge is 0.491 e. The molecule has 1 aliphatic heterocycles. The maximum absolute atomic E-state index is 12.5. The van der Waals surface area contributed by atoms with Crippen LogP contribution in [0.3, 0.4) is 0 Å². The van der Waals surface area contributed by atoms with Crippen molar-refractivity contribution in [2.45, 2.75) is 58.6 Å². The summed E-state index contributed by atoms with van der Waals surface area (Å²) < 4.78 is 5.66. The zero-order chi connectivity index (χ0) is 18.6. The minimum absolute atomic E-state index is 0.0209. The van der Waals surface area contributed by atoms with E-state index in [4.69, 9.17) is 4.74 Å². The number of urea groups is 1. The lowest BCUT2D eigenvalue weighted by Gasteiger charge is -2.22. The lowest BCUT2D eigenvalue weighted by Crippen LogP contribution is -2.44. The van der Waals surface area contributed by atoms with E-state index in [0.29, 0.717) is 12.2 Å². The van der Waals surface area contributed by atoms with Crippen molar-refractivity contribution in [2.75, 3.05) is 13.2 Å². The lowest BCUT2D eigenvalue weighted by atomic mass is 9.95. The van der Waals surface area contributed by atoms with E-state index >= 15 is 0 Å². The molecular formula is C19H28N2O4. The molecule has 2 rings (SSSR count). The number of carbonyl (C=O) groups excluding carboxylic acids is 2. The molecule has 1 heterocycles. The molecule has 0 radical (unpaired) electrons. The van der Waals surface area contributed by atoms with Crippen molar-refractivity contribution in [3.63, 3.8) is 0 Å². The summed E-state index contributed by atoms with van der Waals surface area (Å²) in [6.07, 6.45) is 1.46. The second-order valence-electron chi connectivity index (χ2n) is 7.02. The van der Waals surface area contributed by atoms with E-state index in [9.17, 15) is 14.7 Å². The van der Waals surface area contributed by atoms with E-state index in [1.807, 2.05) is 39.0 Å². The number of benzene rings is 1. The first-order chi connectivity index (χ1) is 11.8. The third kappa shape index (κ3) is 4.51. The summed E-state index contributed by atoms with van der Waals surface area (Å²) in [7, 11) is 0. The van der Waals surface area contributed by atoms with Gasteiger partial charge in [-0.25, -0.2) is 4.79 Å². The fourth-order valence-corrected chi connectivity index (χ4v) is 2.92. The highest BCUT2D eigenvalue weighted by molar-refractivity contribution is 6.06. The van der Waals surface area contributed by atoms with E-state index in [2.05, 4.69) is 5.32 Å². The van der Waals surface area contributed by atoms with Gasteiger partial charge in [0.1, 0.15) is 24.0 Å². The molecule has 2 N–H and O–H groups in total. The molecule has 1 aliphatic rings. The van der Waals surface area contributed by atoms with Gasteiger partial charge in [-0.05, 0) is 44.4 Å². The van der Waals surface area contributed by atoms with Gasteiger partial charge in [0.15, 0.2) is 0 Å². The molecule has 2 unspecified atom stereocenters. The third-order valence-electron chi connectivity index (χ3n) is 4.54. The average molecular weight is 348 g/mol. The number of nitrogens with zero attached hydrogens (tertiary/aromatic N) is 1. The molecule has 6 nitrogen and oxygen atoms in total. The third-order valence-corrected chi connectivity index (χ3v) is 4.54. The maximum Gasteiger partial charge on any atom is 0.325 e. The van der Waals surface area contributed by atoms with Crippen molar-refractivity contribution in [1.82, 2.24) is 10.2 Å². The van der Waals surface area contributed by atoms with Crippen LogP contribution in [0.4, 0.5) is 4.79 Å². The average Bonchev–Trinajstić information content (AvgIpc) is 2.77. The van der Waals surface area contributed by atoms with E-state index in [1.54, 1.807) is 6.92 Å². The summed E-state index contributed by atoms with van der Waals surface area (Å²) in [5.41, 5.74) is 1.16. The number of β-amino-alcohol motifs (C(OH)–C–C–N with tert-alkyl or cyclic N) is 1. The van der Waals surface area contributed by atoms with Crippen LogP contribution in [0, 0.1) is 13.8 Å². The summed E-state index contributed by atoms with van der Waals surface area (Å²) in [5, 5.41) is 13.0. The van der Waals surface area contributed by atoms with Gasteiger partial charge in [-0.2, -0.15) is 0 Å². The number of nitrogens with one attached hydrogen (secondary N) is 1. The zero-order valence-electron chi connectivity index (χ0n) is 15.5. The molecule has 1 aromatic carbocycles. The molecule has 1 fully saturated rings. The Morgan fingerprint density at radius 2 is 2.04 bits per heavy atom. The molecule has 138 valence electrons. The number of rotatable bonds is 8. The highest BCUT2D eigenvalue weighted by atomic mass is 16.5. The highest BCUT2D eigenvalue weighted by Gasteiger charge is 2.47. The summed E-state index contributed by atoms with van der Waals surface area (Å²) in [5.74, 6) is 0.417. The number of aliphatic hydroxyl groups excluding tert-OH is 1. The van der Waals surface area contributed by atoms with Crippen LogP contribution >= 0.6 is 0 Å². The van der Waals surface area contributed by atoms with Crippen molar-refractivity contribution in [3.8, 4) is 5.75 Å². The fraction of sp³-hybridized carbons (Fsp3) is 0.579. The van der Waals surface area contributed by atoms with Crippen molar-refractivity contribution in [3.05, 3.63) is 29.3 Å². The monoisotopic (exact) mass is 348 g/mol. The van der Waals surface area contributed by atoms with Crippen LogP contribution in [-0.4, -0.2) is 46.7 Å². The Kier molecular flexibility index (Phi) is 6.06. The number of aryl methyl sites for hydroxylation is 2. The number of unbranched alkanes of at least 4 members (excludes halogenated alkanes) is 1. The normalized spacial score (nSPS) is 21.4. The molecule has 0 bridgehead atoms. The first-order valence-electron chi connectivity index (χ1n) is 8.79. The molecule has 3 amide bonds. The van der Waals surface area contributed by atoms with Gasteiger partial charge in [-0.1, -0.05) is 31.9 Å². The van der Waals surface area contributed by atoms with E-state index in [0.717, 1.165) is 28.9 Å². The molecule has 0 aromatic heterocycles. The van der Waals surface area contributed by atoms with Gasteiger partial charge >= 0.3 is 6.03 Å². The predicted octanol–water partition coefficient (Wildman–Crippen LogP) is 2.54. The van der Waals surface area contributed by atoms with Crippen LogP contribution in [0.15, 0.2) is 18.2 Å². The molecule has 0 aliphatic carbocycles. The Labute approximate surface area is 149 Å². The van der Waals surface area contributed by atoms with Crippen molar-refractivity contribution in [2.24, 2.45) is 0 Å². The van der Waals surface area contributed by atoms with Gasteiger partial charge in [0.25, 0.3) is 5.91 Å². The summed E-state index contributed by atoms with van der Waals surface area (Å²) in [6, 6.07) is 5.39. The second-order valence-corrected chi connectivity index (χ2v) is 7.02. The topological polar surface area (TPSA) is 78.9 Å². The number of carbonyl (C=O) groups is 2. The van der Waals surface area contributed by atoms with E-state index in [-0.39, 0.29) is 19.1 Å². The Hall–Kier alpha value is -2.08. The van der Waals surface area contributed by atoms with E-state index in [1.165, 1.54) is 0 Å². The van der Waals surface area contributed by atoms with Crippen molar-refractivity contribution >= 4 is 11.9 Å². The molecule has 0 saturated carbocycles. The first-order valence-corrected chi connectivity index (χ1v) is 8.79. The minimum Gasteiger partial charge on any atom is -0.491 e. The number of ether oxygens (including phenoxy) is 1. The van der Waals surface area contributed by atoms with Crippen LogP contribution in [0.2, 0.25) is 0 Å². The van der Waals surface area contributed by atoms with Gasteiger partial charge in [0, 0.05) is 0 Å². The van der Waals surface area contributed by atoms with E-state index < -0.39 is 17.7 Å². The molecule has 6 heteroatoms. The van der Waals surface area contributed by atoms with Gasteiger partial charge in [0.2, 0.25) is 0 Å². The number of hydrogen-bond donors (Lipinski definition) is 2. The Morgan fingerprint density at radius 1 is 1.32 bits per heavy atom. The van der Waals surface area contributed by atoms with Gasteiger partial charge in [0.05, 0.1) is 6.54 Å². The summed E-state index contributed by atoms with van der Waals surface area (Å²) in [4.78, 5) is 25.7. The number of aliphatic hydroxyl groups is 1. The molecule has 1 aromatic rings. The fourth-order valence-electron chi connectivity index (χ4n) is 2.92. The van der Waals surface area contributed by atoms with Gasteiger partial charge in [-0.15, -0.1) is 0 Å². The van der Waals surface area contributed by atoms with Crippen molar-refractivity contribution < 1.29 is 19.4 Å². The Bertz CT molecular complexity index is 646. The predicted molar refractivity (Wildman–Crippen MR) is 95.6 cm³/mol. The van der Waals surface area contributed by atoms with Gasteiger partial charge < -0.3 is 15.2 Å². The van der Waals surface area contributed by atoms with Crippen LogP contribution in [-0.2, 0) is 4.79 Å².